The maximum absolute atomic E-state index is 10.6. The monoisotopic (exact) mass is 235 g/mol. The molecule has 0 saturated carbocycles. The lowest BCUT2D eigenvalue weighted by Crippen LogP contribution is -1.95. The summed E-state index contributed by atoms with van der Waals surface area (Å²) in [6.07, 6.45) is 1.48. The summed E-state index contributed by atoms with van der Waals surface area (Å²) in [6.45, 7) is 1.52. The smallest absolute Gasteiger partial charge is 0.331 e. The largest absolute Gasteiger partial charge is 0.478 e. The predicted molar refractivity (Wildman–Crippen MR) is 61.1 cm³/mol. The molecule has 0 aliphatic rings. The summed E-state index contributed by atoms with van der Waals surface area (Å²) in [5, 5.41) is 14.4. The molecule has 16 heavy (non-hydrogen) atoms. The minimum Gasteiger partial charge on any atom is -0.478 e. The lowest BCUT2D eigenvalue weighted by Gasteiger charge is -1.88. The van der Waals surface area contributed by atoms with Crippen LogP contribution < -0.4 is 0 Å². The second-order valence-corrected chi connectivity index (χ2v) is 4.17. The van der Waals surface area contributed by atoms with Crippen molar-refractivity contribution in [3.63, 3.8) is 0 Å². The van der Waals surface area contributed by atoms with Crippen LogP contribution in [0.15, 0.2) is 33.7 Å². The van der Waals surface area contributed by atoms with E-state index in [4.69, 9.17) is 9.63 Å². The van der Waals surface area contributed by atoms with E-state index in [9.17, 15) is 4.79 Å². The van der Waals surface area contributed by atoms with Gasteiger partial charge >= 0.3 is 5.97 Å². The molecule has 0 radical (unpaired) electrons. The van der Waals surface area contributed by atoms with Crippen molar-refractivity contribution in [3.05, 3.63) is 34.8 Å². The van der Waals surface area contributed by atoms with E-state index in [-0.39, 0.29) is 5.57 Å². The number of thiophene rings is 1. The lowest BCUT2D eigenvalue weighted by atomic mass is 10.2. The van der Waals surface area contributed by atoms with Crippen LogP contribution in [0.2, 0.25) is 0 Å². The van der Waals surface area contributed by atoms with Crippen LogP contribution in [-0.4, -0.2) is 16.2 Å². The number of hydrogen-bond acceptors (Lipinski definition) is 4. The minimum atomic E-state index is -0.958. The van der Waals surface area contributed by atoms with Crippen LogP contribution in [-0.2, 0) is 4.79 Å². The standard InChI is InChI=1S/C11H9NO3S/c1-7(11(13)14)5-8-6-9(15-12-8)10-3-2-4-16-10/h2-6H,1H3,(H,13,14)/b7-5+. The van der Waals surface area contributed by atoms with Gasteiger partial charge in [-0.3, -0.25) is 0 Å². The van der Waals surface area contributed by atoms with Gasteiger partial charge in [-0.15, -0.1) is 11.3 Å². The first-order valence-corrected chi connectivity index (χ1v) is 5.47. The van der Waals surface area contributed by atoms with Crippen molar-refractivity contribution < 1.29 is 14.4 Å². The van der Waals surface area contributed by atoms with E-state index < -0.39 is 5.97 Å². The molecule has 5 heteroatoms. The molecule has 0 bridgehead atoms. The number of aromatic nitrogens is 1. The maximum Gasteiger partial charge on any atom is 0.331 e. The quantitative estimate of drug-likeness (QED) is 0.831. The Labute approximate surface area is 95.8 Å². The maximum atomic E-state index is 10.6. The van der Waals surface area contributed by atoms with Gasteiger partial charge in [0.25, 0.3) is 0 Å². The van der Waals surface area contributed by atoms with Gasteiger partial charge in [-0.1, -0.05) is 11.2 Å². The molecule has 0 spiro atoms. The molecule has 1 N–H and O–H groups in total. The average Bonchev–Trinajstić information content (AvgIpc) is 2.85. The first kappa shape index (κ1) is 10.6. The number of carboxylic acid groups (broad SMARTS) is 1. The van der Waals surface area contributed by atoms with Crippen LogP contribution in [0.4, 0.5) is 0 Å². The highest BCUT2D eigenvalue weighted by molar-refractivity contribution is 7.13. The Bertz CT molecular complexity index is 525. The van der Waals surface area contributed by atoms with Crippen LogP contribution >= 0.6 is 11.3 Å². The van der Waals surface area contributed by atoms with Crippen LogP contribution in [0, 0.1) is 0 Å². The zero-order valence-corrected chi connectivity index (χ0v) is 9.32. The molecule has 0 amide bonds. The Morgan fingerprint density at radius 1 is 1.62 bits per heavy atom. The predicted octanol–water partition coefficient (Wildman–Crippen LogP) is 2.89. The summed E-state index contributed by atoms with van der Waals surface area (Å²) in [7, 11) is 0. The van der Waals surface area contributed by atoms with E-state index in [2.05, 4.69) is 5.16 Å². The van der Waals surface area contributed by atoms with E-state index >= 15 is 0 Å². The minimum absolute atomic E-state index is 0.228. The number of carboxylic acids is 1. The van der Waals surface area contributed by atoms with E-state index in [1.807, 2.05) is 17.5 Å². The molecule has 0 atom stereocenters. The summed E-state index contributed by atoms with van der Waals surface area (Å²) in [5.74, 6) is -0.305. The fraction of sp³-hybridized carbons (Fsp3) is 0.0909. The van der Waals surface area contributed by atoms with Gasteiger partial charge in [0.15, 0.2) is 5.76 Å². The van der Waals surface area contributed by atoms with Gasteiger partial charge in [0.2, 0.25) is 0 Å². The Morgan fingerprint density at radius 2 is 2.44 bits per heavy atom. The molecule has 0 fully saturated rings. The van der Waals surface area contributed by atoms with E-state index in [0.717, 1.165) is 4.88 Å². The van der Waals surface area contributed by atoms with Crippen molar-refractivity contribution >= 4 is 23.4 Å². The zero-order valence-electron chi connectivity index (χ0n) is 8.51. The third-order valence-corrected chi connectivity index (χ3v) is 2.88. The molecule has 2 aromatic rings. The molecular formula is C11H9NO3S. The van der Waals surface area contributed by atoms with Gasteiger partial charge in [0, 0.05) is 11.6 Å². The second kappa shape index (κ2) is 4.32. The van der Waals surface area contributed by atoms with Crippen molar-refractivity contribution in [1.29, 1.82) is 0 Å². The molecule has 0 aromatic carbocycles. The van der Waals surface area contributed by atoms with Gasteiger partial charge in [0.05, 0.1) is 4.88 Å². The molecule has 4 nitrogen and oxygen atoms in total. The summed E-state index contributed by atoms with van der Waals surface area (Å²) < 4.78 is 5.11. The van der Waals surface area contributed by atoms with Gasteiger partial charge in [-0.05, 0) is 24.4 Å². The second-order valence-electron chi connectivity index (χ2n) is 3.23. The van der Waals surface area contributed by atoms with Crippen LogP contribution in [0.3, 0.4) is 0 Å². The average molecular weight is 235 g/mol. The first-order chi connectivity index (χ1) is 7.66. The normalized spacial score (nSPS) is 11.7. The highest BCUT2D eigenvalue weighted by atomic mass is 32.1. The van der Waals surface area contributed by atoms with Crippen LogP contribution in [0.5, 0.6) is 0 Å². The van der Waals surface area contributed by atoms with E-state index in [1.165, 1.54) is 13.0 Å². The Hall–Kier alpha value is -1.88. The van der Waals surface area contributed by atoms with Gasteiger partial charge in [0.1, 0.15) is 5.69 Å². The Morgan fingerprint density at radius 3 is 3.06 bits per heavy atom. The Balaban J connectivity index is 2.27. The van der Waals surface area contributed by atoms with Crippen molar-refractivity contribution in [1.82, 2.24) is 5.16 Å². The topological polar surface area (TPSA) is 63.3 Å². The molecule has 2 aromatic heterocycles. The molecule has 0 saturated heterocycles. The molecule has 2 rings (SSSR count). The lowest BCUT2D eigenvalue weighted by molar-refractivity contribution is -0.132. The zero-order chi connectivity index (χ0) is 11.5. The number of hydrogen-bond donors (Lipinski definition) is 1. The van der Waals surface area contributed by atoms with E-state index in [0.29, 0.717) is 11.5 Å². The summed E-state index contributed by atoms with van der Waals surface area (Å²) in [6, 6.07) is 5.56. The third-order valence-electron chi connectivity index (χ3n) is 1.99. The summed E-state index contributed by atoms with van der Waals surface area (Å²) in [4.78, 5) is 11.6. The third kappa shape index (κ3) is 2.20. The van der Waals surface area contributed by atoms with Crippen LogP contribution in [0.25, 0.3) is 16.7 Å². The van der Waals surface area contributed by atoms with Gasteiger partial charge in [-0.2, -0.15) is 0 Å². The summed E-state index contributed by atoms with van der Waals surface area (Å²) in [5.41, 5.74) is 0.745. The number of aliphatic carboxylic acids is 1. The van der Waals surface area contributed by atoms with Crippen molar-refractivity contribution in [2.24, 2.45) is 0 Å². The molecule has 82 valence electrons. The number of carbonyl (C=O) groups is 1. The van der Waals surface area contributed by atoms with Gasteiger partial charge < -0.3 is 9.63 Å². The Kier molecular flexibility index (Phi) is 2.87. The number of rotatable bonds is 3. The van der Waals surface area contributed by atoms with Crippen molar-refractivity contribution in [2.75, 3.05) is 0 Å². The highest BCUT2D eigenvalue weighted by Crippen LogP contribution is 2.25. The fourth-order valence-corrected chi connectivity index (χ4v) is 1.85. The highest BCUT2D eigenvalue weighted by Gasteiger charge is 2.07. The molecule has 0 unspecified atom stereocenters. The molecular weight excluding hydrogens is 226 g/mol. The van der Waals surface area contributed by atoms with Crippen molar-refractivity contribution in [3.8, 4) is 10.6 Å². The SMILES string of the molecule is C/C(=C\c1cc(-c2cccs2)on1)C(=O)O. The molecule has 0 aliphatic carbocycles. The molecule has 0 aliphatic heterocycles. The first-order valence-electron chi connectivity index (χ1n) is 4.59. The van der Waals surface area contributed by atoms with E-state index in [1.54, 1.807) is 17.4 Å². The van der Waals surface area contributed by atoms with Gasteiger partial charge in [-0.25, -0.2) is 4.79 Å². The van der Waals surface area contributed by atoms with Crippen molar-refractivity contribution in [2.45, 2.75) is 6.92 Å². The van der Waals surface area contributed by atoms with Crippen LogP contribution in [0.1, 0.15) is 12.6 Å². The molecule has 2 heterocycles. The number of nitrogens with zero attached hydrogens (tertiary/aromatic N) is 1. The fourth-order valence-electron chi connectivity index (χ4n) is 1.18. The summed E-state index contributed by atoms with van der Waals surface area (Å²) >= 11 is 1.54.